The average molecular weight is 506 g/mol. The van der Waals surface area contributed by atoms with Gasteiger partial charge in [0.25, 0.3) is 11.6 Å². The number of amides is 2. The Morgan fingerprint density at radius 2 is 1.32 bits per heavy atom. The maximum Gasteiger partial charge on any atom is 0.329 e. The summed E-state index contributed by atoms with van der Waals surface area (Å²) in [6.45, 7) is -0.160. The van der Waals surface area contributed by atoms with Gasteiger partial charge in [-0.1, -0.05) is 60.7 Å². The third-order valence-corrected chi connectivity index (χ3v) is 5.57. The van der Waals surface area contributed by atoms with Crippen LogP contribution in [0.3, 0.4) is 0 Å². The van der Waals surface area contributed by atoms with Crippen LogP contribution in [0, 0.1) is 10.1 Å². The third-order valence-electron chi connectivity index (χ3n) is 5.57. The summed E-state index contributed by atoms with van der Waals surface area (Å²) in [6, 6.07) is 22.1. The van der Waals surface area contributed by atoms with Gasteiger partial charge in [0.15, 0.2) is 6.54 Å². The number of carbonyl (C=O) groups excluding carboxylic acids is 3. The number of ether oxygens (including phenoxy) is 1. The Bertz CT molecular complexity index is 1200. The summed E-state index contributed by atoms with van der Waals surface area (Å²) in [4.78, 5) is 48.7. The highest BCUT2D eigenvalue weighted by Crippen LogP contribution is 2.14. The van der Waals surface area contributed by atoms with Gasteiger partial charge in [-0.2, -0.15) is 0 Å². The van der Waals surface area contributed by atoms with Crippen molar-refractivity contribution < 1.29 is 29.8 Å². The van der Waals surface area contributed by atoms with Crippen LogP contribution in [0.15, 0.2) is 84.9 Å². The highest BCUT2D eigenvalue weighted by atomic mass is 16.6. The minimum absolute atomic E-state index is 0.0384. The summed E-state index contributed by atoms with van der Waals surface area (Å²) in [7, 11) is 0. The summed E-state index contributed by atoms with van der Waals surface area (Å²) in [5, 5.41) is 16.3. The Labute approximate surface area is 214 Å². The number of nitrogens with one attached hydrogen (secondary N) is 2. The number of nitro benzene ring substituents is 1. The molecular weight excluding hydrogens is 476 g/mol. The van der Waals surface area contributed by atoms with Gasteiger partial charge < -0.3 is 21.1 Å². The van der Waals surface area contributed by atoms with Crippen molar-refractivity contribution in [3.63, 3.8) is 0 Å². The fourth-order valence-electron chi connectivity index (χ4n) is 3.61. The van der Waals surface area contributed by atoms with Crippen LogP contribution in [-0.2, 0) is 38.6 Å². The first kappa shape index (κ1) is 27.0. The van der Waals surface area contributed by atoms with Gasteiger partial charge in [-0.25, -0.2) is 4.79 Å². The zero-order valence-corrected chi connectivity index (χ0v) is 20.2. The maximum absolute atomic E-state index is 13.3. The molecule has 3 rings (SSSR count). The lowest BCUT2D eigenvalue weighted by atomic mass is 10.0. The molecule has 5 N–H and O–H groups in total. The lowest BCUT2D eigenvalue weighted by Crippen LogP contribution is -2.61. The monoisotopic (exact) mass is 505 g/mol. The van der Waals surface area contributed by atoms with Crippen LogP contribution in [0.4, 0.5) is 5.69 Å². The van der Waals surface area contributed by atoms with Crippen molar-refractivity contribution in [3.05, 3.63) is 112 Å². The molecule has 0 fully saturated rings. The molecule has 0 unspecified atom stereocenters. The summed E-state index contributed by atoms with van der Waals surface area (Å²) in [5.74, 6) is -1.59. The van der Waals surface area contributed by atoms with Crippen molar-refractivity contribution in [1.82, 2.24) is 10.6 Å². The fourth-order valence-corrected chi connectivity index (χ4v) is 3.61. The molecule has 2 atom stereocenters. The number of nitrogens with zero attached hydrogens (tertiary/aromatic N) is 1. The SMILES string of the molecule is [NH3+]CC(=O)N[C@@H](Cc1ccccc1)C(=O)N[C@H](Cc1ccccc1)C(=O)OCc1ccc([N+](=O)[O-])cc1. The Kier molecular flexibility index (Phi) is 9.86. The van der Waals surface area contributed by atoms with E-state index >= 15 is 0 Å². The van der Waals surface area contributed by atoms with Crippen LogP contribution in [0.2, 0.25) is 0 Å². The zero-order valence-electron chi connectivity index (χ0n) is 20.2. The van der Waals surface area contributed by atoms with Gasteiger partial charge >= 0.3 is 5.97 Å². The number of benzene rings is 3. The summed E-state index contributed by atoms with van der Waals surface area (Å²) >= 11 is 0. The van der Waals surface area contributed by atoms with Crippen LogP contribution in [0.5, 0.6) is 0 Å². The van der Waals surface area contributed by atoms with Crippen LogP contribution < -0.4 is 16.4 Å². The number of rotatable bonds is 12. The van der Waals surface area contributed by atoms with Gasteiger partial charge in [0.2, 0.25) is 5.91 Å². The molecular formula is C27H29N4O6+. The van der Waals surface area contributed by atoms with E-state index in [1.54, 1.807) is 0 Å². The molecule has 10 heteroatoms. The molecule has 0 aromatic heterocycles. The predicted molar refractivity (Wildman–Crippen MR) is 135 cm³/mol. The molecule has 0 spiro atoms. The van der Waals surface area contributed by atoms with Crippen molar-refractivity contribution >= 4 is 23.5 Å². The summed E-state index contributed by atoms with van der Waals surface area (Å²) in [6.07, 6.45) is 0.404. The number of non-ortho nitro benzene ring substituents is 1. The first-order valence-electron chi connectivity index (χ1n) is 11.7. The molecule has 3 aromatic carbocycles. The van der Waals surface area contributed by atoms with Crippen LogP contribution in [-0.4, -0.2) is 41.3 Å². The highest BCUT2D eigenvalue weighted by Gasteiger charge is 2.28. The molecule has 0 aliphatic rings. The number of nitro groups is 1. The second kappa shape index (κ2) is 13.5. The third kappa shape index (κ3) is 8.55. The van der Waals surface area contributed by atoms with E-state index in [1.165, 1.54) is 24.3 Å². The normalized spacial score (nSPS) is 12.1. The topological polar surface area (TPSA) is 155 Å². The minimum atomic E-state index is -1.03. The Hall–Kier alpha value is -4.57. The van der Waals surface area contributed by atoms with E-state index < -0.39 is 34.8 Å². The van der Waals surface area contributed by atoms with E-state index in [9.17, 15) is 24.5 Å². The average Bonchev–Trinajstić information content (AvgIpc) is 2.92. The smallest absolute Gasteiger partial charge is 0.329 e. The van der Waals surface area contributed by atoms with Crippen LogP contribution in [0.1, 0.15) is 16.7 Å². The molecule has 37 heavy (non-hydrogen) atoms. The van der Waals surface area contributed by atoms with Gasteiger partial charge in [-0.15, -0.1) is 0 Å². The van der Waals surface area contributed by atoms with E-state index in [2.05, 4.69) is 16.4 Å². The summed E-state index contributed by atoms with van der Waals surface area (Å²) < 4.78 is 5.44. The Balaban J connectivity index is 1.74. The van der Waals surface area contributed by atoms with E-state index in [-0.39, 0.29) is 31.7 Å². The molecule has 0 bridgehead atoms. The Morgan fingerprint density at radius 3 is 1.84 bits per heavy atom. The molecule has 0 aliphatic heterocycles. The first-order valence-corrected chi connectivity index (χ1v) is 11.7. The summed E-state index contributed by atoms with van der Waals surface area (Å²) in [5.41, 5.74) is 5.70. The number of hydrogen-bond donors (Lipinski definition) is 3. The Morgan fingerprint density at radius 1 is 0.784 bits per heavy atom. The van der Waals surface area contributed by atoms with Crippen LogP contribution >= 0.6 is 0 Å². The minimum Gasteiger partial charge on any atom is -0.459 e. The van der Waals surface area contributed by atoms with E-state index in [1.807, 2.05) is 60.7 Å². The van der Waals surface area contributed by atoms with Gasteiger partial charge in [-0.3, -0.25) is 19.7 Å². The maximum atomic E-state index is 13.3. The van der Waals surface area contributed by atoms with Crippen molar-refractivity contribution in [3.8, 4) is 0 Å². The van der Waals surface area contributed by atoms with Gasteiger partial charge in [0, 0.05) is 25.0 Å². The zero-order chi connectivity index (χ0) is 26.6. The number of esters is 1. The molecule has 0 saturated carbocycles. The molecule has 0 saturated heterocycles. The second-order valence-corrected chi connectivity index (χ2v) is 8.34. The van der Waals surface area contributed by atoms with Crippen LogP contribution in [0.25, 0.3) is 0 Å². The first-order chi connectivity index (χ1) is 17.9. The van der Waals surface area contributed by atoms with E-state index in [0.29, 0.717) is 5.56 Å². The quantitative estimate of drug-likeness (QED) is 0.192. The molecule has 3 aromatic rings. The second-order valence-electron chi connectivity index (χ2n) is 8.34. The predicted octanol–water partition coefficient (Wildman–Crippen LogP) is 1.33. The molecule has 192 valence electrons. The number of quaternary nitrogens is 1. The molecule has 0 aliphatic carbocycles. The lowest BCUT2D eigenvalue weighted by Gasteiger charge is -2.23. The standard InChI is InChI=1S/C27H28N4O6/c28-17-25(32)29-23(15-19-7-3-1-4-8-19)26(33)30-24(16-20-9-5-2-6-10-20)27(34)37-18-21-11-13-22(14-12-21)31(35)36/h1-14,23-24H,15-18,28H2,(H,29,32)(H,30,33)/p+1/t23-,24+/m0/s1. The van der Waals surface area contributed by atoms with Gasteiger partial charge in [0.1, 0.15) is 18.7 Å². The molecule has 10 nitrogen and oxygen atoms in total. The lowest BCUT2D eigenvalue weighted by molar-refractivity contribution is -0.384. The number of carbonyl (C=O) groups is 3. The fraction of sp³-hybridized carbons (Fsp3) is 0.222. The molecule has 0 heterocycles. The van der Waals surface area contributed by atoms with Gasteiger partial charge in [-0.05, 0) is 28.8 Å². The van der Waals surface area contributed by atoms with E-state index in [4.69, 9.17) is 4.74 Å². The van der Waals surface area contributed by atoms with Crippen molar-refractivity contribution in [1.29, 1.82) is 0 Å². The van der Waals surface area contributed by atoms with Crippen molar-refractivity contribution in [2.24, 2.45) is 0 Å². The molecule has 0 radical (unpaired) electrons. The van der Waals surface area contributed by atoms with Crippen molar-refractivity contribution in [2.45, 2.75) is 31.5 Å². The van der Waals surface area contributed by atoms with E-state index in [0.717, 1.165) is 11.1 Å². The van der Waals surface area contributed by atoms with Crippen molar-refractivity contribution in [2.75, 3.05) is 6.54 Å². The molecule has 2 amide bonds. The number of hydrogen-bond acceptors (Lipinski definition) is 6. The largest absolute Gasteiger partial charge is 0.459 e. The van der Waals surface area contributed by atoms with Gasteiger partial charge in [0.05, 0.1) is 4.92 Å². The highest BCUT2D eigenvalue weighted by molar-refractivity contribution is 5.91.